The number of hydrogen-bond donors (Lipinski definition) is 3. The topological polar surface area (TPSA) is 73.0 Å². The fourth-order valence-corrected chi connectivity index (χ4v) is 3.53. The number of H-pyrrole nitrogens is 1. The van der Waals surface area contributed by atoms with Crippen LogP contribution in [0.5, 0.6) is 0 Å². The molecule has 0 bridgehead atoms. The maximum absolute atomic E-state index is 12.5. The molecule has 24 heavy (non-hydrogen) atoms. The van der Waals surface area contributed by atoms with Gasteiger partial charge in [0.15, 0.2) is 0 Å². The highest BCUT2D eigenvalue weighted by atomic mass is 16.2. The molecule has 1 saturated heterocycles. The number of likely N-dealkylation sites (N-methyl/N-ethyl adjacent to an activating group) is 1. The van der Waals surface area contributed by atoms with Crippen molar-refractivity contribution < 1.29 is 4.79 Å². The lowest BCUT2D eigenvalue weighted by Crippen LogP contribution is -2.44. The van der Waals surface area contributed by atoms with Crippen molar-refractivity contribution in [2.75, 3.05) is 13.6 Å². The smallest absolute Gasteiger partial charge is 0.240 e. The molecule has 2 aliphatic rings. The molecule has 2 atom stereocenters. The minimum atomic E-state index is -0.0770. The number of para-hydroxylation sites is 2. The summed E-state index contributed by atoms with van der Waals surface area (Å²) < 4.78 is 0. The van der Waals surface area contributed by atoms with Crippen LogP contribution in [-0.2, 0) is 11.2 Å². The number of amides is 1. The van der Waals surface area contributed by atoms with Crippen LogP contribution in [0.25, 0.3) is 11.0 Å². The van der Waals surface area contributed by atoms with E-state index in [0.717, 1.165) is 48.6 Å². The third-order valence-corrected chi connectivity index (χ3v) is 5.14. The van der Waals surface area contributed by atoms with E-state index < -0.39 is 0 Å². The van der Waals surface area contributed by atoms with Gasteiger partial charge in [-0.2, -0.15) is 0 Å². The Labute approximate surface area is 142 Å². The lowest BCUT2D eigenvalue weighted by atomic mass is 10.1. The van der Waals surface area contributed by atoms with E-state index in [1.165, 1.54) is 12.8 Å². The number of aromatic nitrogens is 2. The predicted octanol–water partition coefficient (Wildman–Crippen LogP) is 1.60. The average molecular weight is 327 g/mol. The van der Waals surface area contributed by atoms with Crippen LogP contribution in [0.3, 0.4) is 0 Å². The summed E-state index contributed by atoms with van der Waals surface area (Å²) in [6, 6.07) is 8.46. The molecule has 0 spiro atoms. The van der Waals surface area contributed by atoms with Crippen molar-refractivity contribution in [2.24, 2.45) is 5.92 Å². The van der Waals surface area contributed by atoms with Crippen LogP contribution in [-0.4, -0.2) is 46.5 Å². The monoisotopic (exact) mass is 327 g/mol. The molecule has 3 N–H and O–H groups in total. The van der Waals surface area contributed by atoms with Gasteiger partial charge < -0.3 is 9.88 Å². The van der Waals surface area contributed by atoms with Crippen molar-refractivity contribution in [3.05, 3.63) is 30.1 Å². The largest absolute Gasteiger partial charge is 0.344 e. The molecule has 128 valence electrons. The number of aromatic amines is 1. The summed E-state index contributed by atoms with van der Waals surface area (Å²) in [4.78, 5) is 22.3. The first-order valence-corrected chi connectivity index (χ1v) is 8.90. The van der Waals surface area contributed by atoms with Gasteiger partial charge >= 0.3 is 0 Å². The van der Waals surface area contributed by atoms with Gasteiger partial charge in [0.05, 0.1) is 11.0 Å². The predicted molar refractivity (Wildman–Crippen MR) is 93.2 cm³/mol. The number of aryl methyl sites for hydroxylation is 1. The number of nitrogens with zero attached hydrogens (tertiary/aromatic N) is 2. The molecule has 6 heteroatoms. The second-order valence-electron chi connectivity index (χ2n) is 7.08. The number of fused-ring (bicyclic) bond motifs is 1. The third-order valence-electron chi connectivity index (χ3n) is 5.14. The Kier molecular flexibility index (Phi) is 4.24. The molecule has 1 aromatic carbocycles. The van der Waals surface area contributed by atoms with Gasteiger partial charge in [-0.1, -0.05) is 12.1 Å². The Morgan fingerprint density at radius 3 is 2.92 bits per heavy atom. The SMILES string of the molecule is CN(CCCc1nc2ccccc2[nH]1)C(=O)C1CC(C2CC2)NN1. The van der Waals surface area contributed by atoms with Crippen LogP contribution in [0.15, 0.2) is 24.3 Å². The van der Waals surface area contributed by atoms with E-state index in [-0.39, 0.29) is 11.9 Å². The van der Waals surface area contributed by atoms with Crippen molar-refractivity contribution in [2.45, 2.75) is 44.2 Å². The number of carbonyl (C=O) groups is 1. The number of carbonyl (C=O) groups excluding carboxylic acids is 1. The summed E-state index contributed by atoms with van der Waals surface area (Å²) in [6.45, 7) is 0.752. The molecule has 1 amide bonds. The summed E-state index contributed by atoms with van der Waals surface area (Å²) >= 11 is 0. The molecular weight excluding hydrogens is 302 g/mol. The summed E-state index contributed by atoms with van der Waals surface area (Å²) in [5.74, 6) is 1.95. The number of hydrazine groups is 1. The molecule has 2 heterocycles. The van der Waals surface area contributed by atoms with E-state index in [4.69, 9.17) is 0 Å². The van der Waals surface area contributed by atoms with E-state index in [2.05, 4.69) is 20.8 Å². The first-order valence-electron chi connectivity index (χ1n) is 8.90. The van der Waals surface area contributed by atoms with Gasteiger partial charge in [-0.25, -0.2) is 10.4 Å². The Morgan fingerprint density at radius 2 is 2.12 bits per heavy atom. The summed E-state index contributed by atoms with van der Waals surface area (Å²) in [5.41, 5.74) is 8.54. The van der Waals surface area contributed by atoms with Crippen LogP contribution in [0.4, 0.5) is 0 Å². The summed E-state index contributed by atoms with van der Waals surface area (Å²) in [6.07, 6.45) is 5.28. The van der Waals surface area contributed by atoms with Crippen LogP contribution in [0.1, 0.15) is 31.5 Å². The first-order chi connectivity index (χ1) is 11.7. The van der Waals surface area contributed by atoms with Crippen LogP contribution in [0.2, 0.25) is 0 Å². The van der Waals surface area contributed by atoms with Gasteiger partial charge in [0.1, 0.15) is 11.9 Å². The second-order valence-corrected chi connectivity index (χ2v) is 7.08. The maximum atomic E-state index is 12.5. The standard InChI is InChI=1S/C18H25N5O/c1-23(18(24)16-11-15(21-22-16)12-8-9-12)10-4-7-17-19-13-5-2-3-6-14(13)20-17/h2-3,5-6,12,15-16,21-22H,4,7-11H2,1H3,(H,19,20). The van der Waals surface area contributed by atoms with Crippen LogP contribution >= 0.6 is 0 Å². The Balaban J connectivity index is 1.25. The van der Waals surface area contributed by atoms with Gasteiger partial charge in [0, 0.05) is 26.1 Å². The Morgan fingerprint density at radius 1 is 1.29 bits per heavy atom. The molecule has 1 aliphatic carbocycles. The summed E-state index contributed by atoms with van der Waals surface area (Å²) in [7, 11) is 1.90. The number of imidazole rings is 1. The highest BCUT2D eigenvalue weighted by molar-refractivity contribution is 5.82. The first kappa shape index (κ1) is 15.6. The van der Waals surface area contributed by atoms with Gasteiger partial charge in [0.25, 0.3) is 0 Å². The van der Waals surface area contributed by atoms with Gasteiger partial charge in [-0.3, -0.25) is 10.2 Å². The Hall–Kier alpha value is -1.92. The van der Waals surface area contributed by atoms with Crippen LogP contribution in [0, 0.1) is 5.92 Å². The van der Waals surface area contributed by atoms with E-state index in [1.807, 2.05) is 36.2 Å². The zero-order chi connectivity index (χ0) is 16.5. The molecule has 2 unspecified atom stereocenters. The van der Waals surface area contributed by atoms with Gasteiger partial charge in [-0.05, 0) is 43.7 Å². The lowest BCUT2D eigenvalue weighted by molar-refractivity contribution is -0.131. The molecule has 1 saturated carbocycles. The van der Waals surface area contributed by atoms with E-state index in [1.54, 1.807) is 0 Å². The van der Waals surface area contributed by atoms with Crippen molar-refractivity contribution in [1.29, 1.82) is 0 Å². The highest BCUT2D eigenvalue weighted by Crippen LogP contribution is 2.35. The van der Waals surface area contributed by atoms with E-state index in [9.17, 15) is 4.79 Å². The minimum absolute atomic E-state index is 0.0770. The number of hydrogen-bond acceptors (Lipinski definition) is 4. The normalized spacial score (nSPS) is 23.7. The number of nitrogens with one attached hydrogen (secondary N) is 3. The zero-order valence-corrected chi connectivity index (χ0v) is 14.1. The van der Waals surface area contributed by atoms with Gasteiger partial charge in [0.2, 0.25) is 5.91 Å². The molecule has 1 aromatic heterocycles. The van der Waals surface area contributed by atoms with Crippen molar-refractivity contribution >= 4 is 16.9 Å². The highest BCUT2D eigenvalue weighted by Gasteiger charge is 2.39. The molecule has 6 nitrogen and oxygen atoms in total. The van der Waals surface area contributed by atoms with Crippen LogP contribution < -0.4 is 10.9 Å². The maximum Gasteiger partial charge on any atom is 0.240 e. The molecular formula is C18H25N5O. The molecule has 2 fully saturated rings. The van der Waals surface area contributed by atoms with E-state index in [0.29, 0.717) is 6.04 Å². The van der Waals surface area contributed by atoms with Crippen molar-refractivity contribution in [1.82, 2.24) is 25.7 Å². The quantitative estimate of drug-likeness (QED) is 0.753. The fourth-order valence-electron chi connectivity index (χ4n) is 3.53. The van der Waals surface area contributed by atoms with Crippen molar-refractivity contribution in [3.8, 4) is 0 Å². The lowest BCUT2D eigenvalue weighted by Gasteiger charge is -2.20. The Bertz CT molecular complexity index is 690. The van der Waals surface area contributed by atoms with Crippen molar-refractivity contribution in [3.63, 3.8) is 0 Å². The minimum Gasteiger partial charge on any atom is -0.344 e. The number of benzene rings is 1. The fraction of sp³-hybridized carbons (Fsp3) is 0.556. The average Bonchev–Trinajstić information content (AvgIpc) is 3.18. The van der Waals surface area contributed by atoms with E-state index >= 15 is 0 Å². The molecule has 0 radical (unpaired) electrons. The number of rotatable bonds is 6. The molecule has 2 aromatic rings. The summed E-state index contributed by atoms with van der Waals surface area (Å²) in [5, 5.41) is 0. The second kappa shape index (κ2) is 6.53. The zero-order valence-electron chi connectivity index (χ0n) is 14.1. The third kappa shape index (κ3) is 3.30. The van der Waals surface area contributed by atoms with Gasteiger partial charge in [-0.15, -0.1) is 0 Å². The molecule has 1 aliphatic heterocycles. The molecule has 4 rings (SSSR count).